The van der Waals surface area contributed by atoms with Crippen LogP contribution in [0.15, 0.2) is 83.5 Å². The maximum Gasteiger partial charge on any atom is 0.226 e. The summed E-state index contributed by atoms with van der Waals surface area (Å²) < 4.78 is 13.9. The summed E-state index contributed by atoms with van der Waals surface area (Å²) in [4.78, 5) is 5.68. The molecule has 4 aromatic rings. The number of anilines is 1. The largest absolute Gasteiger partial charge is 0.497 e. The molecule has 0 saturated carbocycles. The van der Waals surface area contributed by atoms with Crippen molar-refractivity contribution in [3.63, 3.8) is 0 Å². The Morgan fingerprint density at radius 2 is 1.79 bits per heavy atom. The zero-order chi connectivity index (χ0) is 23.2. The van der Waals surface area contributed by atoms with Gasteiger partial charge in [0.1, 0.15) is 30.0 Å². The van der Waals surface area contributed by atoms with Crippen molar-refractivity contribution >= 4 is 35.0 Å². The van der Waals surface area contributed by atoms with Crippen molar-refractivity contribution in [3.8, 4) is 11.5 Å². The normalized spacial score (nSPS) is 18.3. The lowest BCUT2D eigenvalue weighted by molar-refractivity contribution is 0.223. The number of methoxy groups -OCH3 is 1. The molecule has 0 unspecified atom stereocenters. The number of halogens is 1. The number of nitrogens with one attached hydrogen (secondary N) is 1. The van der Waals surface area contributed by atoms with Crippen LogP contribution in [0.25, 0.3) is 5.70 Å². The van der Waals surface area contributed by atoms with Crippen LogP contribution in [0.1, 0.15) is 28.8 Å². The lowest BCUT2D eigenvalue weighted by Gasteiger charge is -2.39. The van der Waals surface area contributed by atoms with Gasteiger partial charge >= 0.3 is 0 Å². The zero-order valence-electron chi connectivity index (χ0n) is 18.5. The molecular weight excluding hydrogens is 468 g/mol. The van der Waals surface area contributed by atoms with Gasteiger partial charge in [0.25, 0.3) is 0 Å². The van der Waals surface area contributed by atoms with Crippen LogP contribution in [0.4, 0.5) is 5.95 Å². The predicted octanol–water partition coefficient (Wildman–Crippen LogP) is 6.22. The molecule has 3 heterocycles. The van der Waals surface area contributed by atoms with Crippen LogP contribution in [-0.4, -0.2) is 28.1 Å². The van der Waals surface area contributed by atoms with Crippen LogP contribution >= 0.6 is 23.4 Å². The molecule has 3 aromatic carbocycles. The standard InChI is InChI=1S/C26H21ClN4O2S/c1-32-18-8-3-15(4-9-18)24-22-23(30-26-28-14-29-31(24)26)20-13-17(27)7-12-21(20)33-25(22)16-5-10-19(34-2)11-6-16/h3-14,24-25H,1-2H3,(H,28,29,30)/t24-,25+/m1/s1. The molecule has 2 aliphatic heterocycles. The minimum atomic E-state index is -0.323. The van der Waals surface area contributed by atoms with Gasteiger partial charge in [0, 0.05) is 21.1 Å². The number of fused-ring (bicyclic) bond motifs is 3. The van der Waals surface area contributed by atoms with E-state index in [1.807, 2.05) is 35.0 Å². The molecule has 34 heavy (non-hydrogen) atoms. The van der Waals surface area contributed by atoms with E-state index >= 15 is 0 Å². The first kappa shape index (κ1) is 21.1. The number of thioether (sulfide) groups is 1. The summed E-state index contributed by atoms with van der Waals surface area (Å²) in [6.45, 7) is 0. The molecule has 0 bridgehead atoms. The lowest BCUT2D eigenvalue weighted by atomic mass is 9.84. The highest BCUT2D eigenvalue weighted by molar-refractivity contribution is 7.98. The summed E-state index contributed by atoms with van der Waals surface area (Å²) in [6.07, 6.45) is 3.32. The van der Waals surface area contributed by atoms with Crippen molar-refractivity contribution in [2.75, 3.05) is 18.7 Å². The fourth-order valence-corrected chi connectivity index (χ4v) is 5.18. The summed E-state index contributed by atoms with van der Waals surface area (Å²) >= 11 is 8.12. The van der Waals surface area contributed by atoms with Gasteiger partial charge in [0.2, 0.25) is 5.95 Å². The molecule has 0 fully saturated rings. The minimum Gasteiger partial charge on any atom is -0.497 e. The van der Waals surface area contributed by atoms with Crippen molar-refractivity contribution in [1.82, 2.24) is 14.8 Å². The third-order valence-corrected chi connectivity index (χ3v) is 7.20. The highest BCUT2D eigenvalue weighted by Crippen LogP contribution is 2.51. The average Bonchev–Trinajstić information content (AvgIpc) is 3.35. The Morgan fingerprint density at radius 3 is 2.53 bits per heavy atom. The lowest BCUT2D eigenvalue weighted by Crippen LogP contribution is -2.32. The van der Waals surface area contributed by atoms with E-state index in [-0.39, 0.29) is 12.1 Å². The summed E-state index contributed by atoms with van der Waals surface area (Å²) in [5, 5.41) is 8.72. The number of benzene rings is 3. The molecule has 0 aliphatic carbocycles. The number of ether oxygens (including phenoxy) is 2. The second kappa shape index (κ2) is 8.42. The Morgan fingerprint density at radius 1 is 1.03 bits per heavy atom. The maximum atomic E-state index is 6.65. The number of hydrogen-bond acceptors (Lipinski definition) is 6. The first-order valence-electron chi connectivity index (χ1n) is 10.8. The third kappa shape index (κ3) is 3.43. The Labute approximate surface area is 206 Å². The van der Waals surface area contributed by atoms with Crippen LogP contribution < -0.4 is 14.8 Å². The first-order valence-corrected chi connectivity index (χ1v) is 12.4. The molecule has 8 heteroatoms. The third-order valence-electron chi connectivity index (χ3n) is 6.23. The van der Waals surface area contributed by atoms with Crippen molar-refractivity contribution in [2.45, 2.75) is 17.0 Å². The molecule has 0 radical (unpaired) electrons. The molecule has 2 atom stereocenters. The van der Waals surface area contributed by atoms with E-state index in [0.717, 1.165) is 39.5 Å². The second-order valence-corrected chi connectivity index (χ2v) is 9.39. The average molecular weight is 489 g/mol. The molecule has 0 spiro atoms. The smallest absolute Gasteiger partial charge is 0.226 e. The summed E-state index contributed by atoms with van der Waals surface area (Å²) in [6, 6.07) is 22.0. The van der Waals surface area contributed by atoms with Crippen LogP contribution in [0.3, 0.4) is 0 Å². The molecule has 6 nitrogen and oxygen atoms in total. The SMILES string of the molecule is COc1ccc([C@@H]2C3=C(Nc4ncnn42)c2cc(Cl)ccc2O[C@H]3c2ccc(SC)cc2)cc1. The summed E-state index contributed by atoms with van der Waals surface area (Å²) in [7, 11) is 1.67. The zero-order valence-corrected chi connectivity index (χ0v) is 20.1. The number of hydrogen-bond donors (Lipinski definition) is 1. The predicted molar refractivity (Wildman–Crippen MR) is 135 cm³/mol. The van der Waals surface area contributed by atoms with Crippen molar-refractivity contribution in [3.05, 3.63) is 100 Å². The van der Waals surface area contributed by atoms with Crippen LogP contribution in [-0.2, 0) is 0 Å². The van der Waals surface area contributed by atoms with E-state index in [1.54, 1.807) is 25.2 Å². The fraction of sp³-hybridized carbons (Fsp3) is 0.154. The summed E-state index contributed by atoms with van der Waals surface area (Å²) in [5.74, 6) is 2.24. The van der Waals surface area contributed by atoms with Crippen LogP contribution in [0, 0.1) is 0 Å². The Hall–Kier alpha value is -3.42. The Bertz CT molecular complexity index is 1400. The van der Waals surface area contributed by atoms with Gasteiger partial charge in [-0.15, -0.1) is 11.8 Å². The molecule has 0 amide bonds. The van der Waals surface area contributed by atoms with Gasteiger partial charge in [-0.2, -0.15) is 10.1 Å². The molecule has 6 rings (SSSR count). The van der Waals surface area contributed by atoms with Crippen molar-refractivity contribution in [1.29, 1.82) is 0 Å². The van der Waals surface area contributed by atoms with Crippen LogP contribution in [0.5, 0.6) is 11.5 Å². The van der Waals surface area contributed by atoms with E-state index < -0.39 is 0 Å². The molecule has 0 saturated heterocycles. The quantitative estimate of drug-likeness (QED) is 0.344. The monoisotopic (exact) mass is 488 g/mol. The van der Waals surface area contributed by atoms with Crippen molar-refractivity contribution < 1.29 is 9.47 Å². The van der Waals surface area contributed by atoms with E-state index in [0.29, 0.717) is 11.0 Å². The maximum absolute atomic E-state index is 6.65. The van der Waals surface area contributed by atoms with Crippen molar-refractivity contribution in [2.24, 2.45) is 0 Å². The van der Waals surface area contributed by atoms with Gasteiger partial charge in [-0.25, -0.2) is 4.68 Å². The van der Waals surface area contributed by atoms with Crippen LogP contribution in [0.2, 0.25) is 5.02 Å². The van der Waals surface area contributed by atoms with E-state index in [2.05, 4.69) is 58.1 Å². The number of rotatable bonds is 4. The van der Waals surface area contributed by atoms with E-state index in [9.17, 15) is 0 Å². The van der Waals surface area contributed by atoms with Gasteiger partial charge in [-0.1, -0.05) is 35.9 Å². The van der Waals surface area contributed by atoms with Gasteiger partial charge in [0.15, 0.2) is 0 Å². The van der Waals surface area contributed by atoms with E-state index in [4.69, 9.17) is 21.1 Å². The second-order valence-electron chi connectivity index (χ2n) is 8.07. The fourth-order valence-electron chi connectivity index (χ4n) is 4.60. The highest BCUT2D eigenvalue weighted by Gasteiger charge is 2.41. The molecule has 170 valence electrons. The number of aromatic nitrogens is 3. The molecular formula is C26H21ClN4O2S. The molecule has 1 N–H and O–H groups in total. The van der Waals surface area contributed by atoms with Gasteiger partial charge in [0.05, 0.1) is 12.8 Å². The first-order chi connectivity index (χ1) is 16.7. The summed E-state index contributed by atoms with van der Waals surface area (Å²) in [5.41, 5.74) is 5.03. The van der Waals surface area contributed by atoms with Gasteiger partial charge < -0.3 is 14.8 Å². The van der Waals surface area contributed by atoms with Gasteiger partial charge in [-0.3, -0.25) is 0 Å². The number of nitrogens with zero attached hydrogens (tertiary/aromatic N) is 3. The molecule has 2 aliphatic rings. The highest BCUT2D eigenvalue weighted by atomic mass is 35.5. The minimum absolute atomic E-state index is 0.225. The Kier molecular flexibility index (Phi) is 5.23. The van der Waals surface area contributed by atoms with Gasteiger partial charge in [-0.05, 0) is 59.8 Å². The van der Waals surface area contributed by atoms with E-state index in [1.165, 1.54) is 4.90 Å². The topological polar surface area (TPSA) is 61.2 Å². The Balaban J connectivity index is 1.59. The molecule has 1 aromatic heterocycles.